The van der Waals surface area contributed by atoms with Crippen molar-refractivity contribution in [3.05, 3.63) is 230 Å². The van der Waals surface area contributed by atoms with E-state index in [9.17, 15) is 0 Å². The highest BCUT2D eigenvalue weighted by atomic mass is 15.2. The van der Waals surface area contributed by atoms with Gasteiger partial charge >= 0.3 is 0 Å². The topological polar surface area (TPSA) is 16.3 Å². The quantitative estimate of drug-likeness (QED) is 0.144. The SMILES string of the molecule is C=C/C=C(\C=C/n1c2c(c3ccccc31)CCC=C2)N(c1ccc(N2/C=C\C=C/C(=C)c3ccccc32)cc1)c1ccc(-n2c3ccccc3c3ccccc32)cc1. The molecule has 2 aromatic heterocycles. The van der Waals surface area contributed by atoms with Gasteiger partial charge in [-0.3, -0.25) is 0 Å². The summed E-state index contributed by atoms with van der Waals surface area (Å²) in [4.78, 5) is 4.54. The van der Waals surface area contributed by atoms with E-state index in [1.807, 2.05) is 12.2 Å². The van der Waals surface area contributed by atoms with E-state index in [1.54, 1.807) is 0 Å². The minimum atomic E-state index is 0.982. The predicted molar refractivity (Wildman–Crippen MR) is 248 cm³/mol. The molecule has 8 aromatic rings. The van der Waals surface area contributed by atoms with E-state index in [0.717, 1.165) is 58.1 Å². The van der Waals surface area contributed by atoms with Crippen molar-refractivity contribution in [2.75, 3.05) is 9.80 Å². The highest BCUT2D eigenvalue weighted by molar-refractivity contribution is 6.09. The van der Waals surface area contributed by atoms with E-state index >= 15 is 0 Å². The molecular weight excluding hydrogens is 705 g/mol. The van der Waals surface area contributed by atoms with Gasteiger partial charge in [-0.25, -0.2) is 0 Å². The number of hydrogen-bond acceptors (Lipinski definition) is 2. The molecule has 0 spiro atoms. The largest absolute Gasteiger partial charge is 0.317 e. The molecule has 10 rings (SSSR count). The Morgan fingerprint density at radius 2 is 1.24 bits per heavy atom. The molecular formula is C54H42N4. The number of hydrogen-bond donors (Lipinski definition) is 0. The Bertz CT molecular complexity index is 2980. The first kappa shape index (κ1) is 34.9. The monoisotopic (exact) mass is 746 g/mol. The third-order valence-electron chi connectivity index (χ3n) is 11.3. The van der Waals surface area contributed by atoms with Gasteiger partial charge in [0.05, 0.1) is 22.2 Å². The number of allylic oxidation sites excluding steroid dienone is 8. The Labute approximate surface area is 339 Å². The number of para-hydroxylation sites is 4. The molecule has 3 heterocycles. The van der Waals surface area contributed by atoms with E-state index in [0.29, 0.717) is 0 Å². The number of benzene rings is 6. The van der Waals surface area contributed by atoms with E-state index < -0.39 is 0 Å². The van der Waals surface area contributed by atoms with Crippen LogP contribution in [-0.4, -0.2) is 9.13 Å². The van der Waals surface area contributed by atoms with Crippen LogP contribution in [0.25, 0.3) is 56.2 Å². The molecule has 4 nitrogen and oxygen atoms in total. The molecule has 0 saturated heterocycles. The van der Waals surface area contributed by atoms with E-state index in [-0.39, 0.29) is 0 Å². The van der Waals surface area contributed by atoms with Gasteiger partial charge in [0.1, 0.15) is 0 Å². The minimum absolute atomic E-state index is 0.982. The van der Waals surface area contributed by atoms with Crippen molar-refractivity contribution in [1.29, 1.82) is 0 Å². The second-order valence-electron chi connectivity index (χ2n) is 14.7. The molecule has 1 aliphatic heterocycles. The molecule has 0 amide bonds. The summed E-state index contributed by atoms with van der Waals surface area (Å²) < 4.78 is 4.69. The van der Waals surface area contributed by atoms with Crippen molar-refractivity contribution >= 4 is 73.3 Å². The molecule has 0 radical (unpaired) electrons. The van der Waals surface area contributed by atoms with Crippen molar-refractivity contribution in [2.24, 2.45) is 0 Å². The van der Waals surface area contributed by atoms with Gasteiger partial charge in [-0.2, -0.15) is 0 Å². The number of fused-ring (bicyclic) bond motifs is 7. The Kier molecular flexibility index (Phi) is 8.92. The first-order valence-corrected chi connectivity index (χ1v) is 19.9. The summed E-state index contributed by atoms with van der Waals surface area (Å²) in [7, 11) is 0. The predicted octanol–water partition coefficient (Wildman–Crippen LogP) is 14.3. The van der Waals surface area contributed by atoms with Crippen LogP contribution in [0.1, 0.15) is 23.2 Å². The molecule has 0 unspecified atom stereocenters. The third-order valence-corrected chi connectivity index (χ3v) is 11.3. The second-order valence-corrected chi connectivity index (χ2v) is 14.7. The zero-order valence-electron chi connectivity index (χ0n) is 32.2. The van der Waals surface area contributed by atoms with Crippen LogP contribution in [0.5, 0.6) is 0 Å². The normalized spacial score (nSPS) is 15.1. The van der Waals surface area contributed by atoms with Crippen LogP contribution in [-0.2, 0) is 6.42 Å². The van der Waals surface area contributed by atoms with Gasteiger partial charge in [-0.05, 0) is 121 Å². The maximum absolute atomic E-state index is 4.34. The second kappa shape index (κ2) is 14.8. The minimum Gasteiger partial charge on any atom is -0.317 e. The number of nitrogens with zero attached hydrogens (tertiary/aromatic N) is 4. The van der Waals surface area contributed by atoms with Crippen molar-refractivity contribution < 1.29 is 0 Å². The Hall–Kier alpha value is -7.56. The average Bonchev–Trinajstić information content (AvgIpc) is 3.78. The zero-order chi connectivity index (χ0) is 39.0. The summed E-state index contributed by atoms with van der Waals surface area (Å²) in [6.07, 6.45) is 23.3. The lowest BCUT2D eigenvalue weighted by Gasteiger charge is -2.28. The van der Waals surface area contributed by atoms with Crippen LogP contribution in [0.2, 0.25) is 0 Å². The van der Waals surface area contributed by atoms with Gasteiger partial charge in [0, 0.05) is 68.3 Å². The lowest BCUT2D eigenvalue weighted by Crippen LogP contribution is -2.16. The van der Waals surface area contributed by atoms with Crippen molar-refractivity contribution in [2.45, 2.75) is 12.8 Å². The maximum atomic E-state index is 4.34. The van der Waals surface area contributed by atoms with Crippen LogP contribution in [0, 0.1) is 0 Å². The molecule has 58 heavy (non-hydrogen) atoms. The molecule has 2 aliphatic rings. The summed E-state index contributed by atoms with van der Waals surface area (Å²) in [6.45, 7) is 8.51. The molecule has 278 valence electrons. The third kappa shape index (κ3) is 6.03. The van der Waals surface area contributed by atoms with Gasteiger partial charge < -0.3 is 18.9 Å². The molecule has 6 aromatic carbocycles. The number of anilines is 4. The molecule has 0 atom stereocenters. The van der Waals surface area contributed by atoms with Gasteiger partial charge in [0.2, 0.25) is 0 Å². The van der Waals surface area contributed by atoms with E-state index in [2.05, 4.69) is 227 Å². The fourth-order valence-corrected chi connectivity index (χ4v) is 8.67. The average molecular weight is 747 g/mol. The molecule has 0 fully saturated rings. The Morgan fingerprint density at radius 1 is 0.621 bits per heavy atom. The number of aryl methyl sites for hydroxylation is 1. The van der Waals surface area contributed by atoms with Crippen LogP contribution in [0.15, 0.2) is 213 Å². The Morgan fingerprint density at radius 3 is 1.95 bits per heavy atom. The van der Waals surface area contributed by atoms with Crippen molar-refractivity contribution in [3.8, 4) is 5.69 Å². The van der Waals surface area contributed by atoms with Crippen molar-refractivity contribution in [1.82, 2.24) is 9.13 Å². The lowest BCUT2D eigenvalue weighted by molar-refractivity contribution is 0.979. The van der Waals surface area contributed by atoms with Crippen LogP contribution >= 0.6 is 0 Å². The summed E-state index contributed by atoms with van der Waals surface area (Å²) in [6, 6.07) is 52.2. The maximum Gasteiger partial charge on any atom is 0.0541 e. The van der Waals surface area contributed by atoms with Crippen LogP contribution < -0.4 is 9.80 Å². The van der Waals surface area contributed by atoms with Gasteiger partial charge in [-0.1, -0.05) is 110 Å². The standard InChI is InChI=1S/C54H42N4/c1-3-16-41(36-38-56-51-24-10-5-19-46(51)47-20-6-11-25-52(47)56)57(42-30-28-40(29-31-42)55-37-15-14-17-39(2)45-18-4-9-23-50(45)55)43-32-34-44(35-33-43)58-53-26-12-7-21-48(53)49-22-8-13-27-54(49)58/h3-5,7-19,21-38H,1-2,6,20H2/b17-14-,37-15-,38-36-,41-16+. The van der Waals surface area contributed by atoms with Gasteiger partial charge in [0.25, 0.3) is 0 Å². The molecule has 4 heteroatoms. The fourth-order valence-electron chi connectivity index (χ4n) is 8.67. The first-order chi connectivity index (χ1) is 28.7. The van der Waals surface area contributed by atoms with Crippen LogP contribution in [0.4, 0.5) is 22.7 Å². The molecule has 0 N–H and O–H groups in total. The number of aromatic nitrogens is 2. The summed E-state index contributed by atoms with van der Waals surface area (Å²) >= 11 is 0. The van der Waals surface area contributed by atoms with E-state index in [1.165, 1.54) is 44.0 Å². The lowest BCUT2D eigenvalue weighted by atomic mass is 10.0. The highest BCUT2D eigenvalue weighted by Gasteiger charge is 2.20. The first-order valence-electron chi connectivity index (χ1n) is 19.9. The van der Waals surface area contributed by atoms with Crippen molar-refractivity contribution in [3.63, 3.8) is 0 Å². The van der Waals surface area contributed by atoms with E-state index in [4.69, 9.17) is 0 Å². The zero-order valence-corrected chi connectivity index (χ0v) is 32.2. The molecule has 0 bridgehead atoms. The Balaban J connectivity index is 1.10. The molecule has 1 aliphatic carbocycles. The van der Waals surface area contributed by atoms with Gasteiger partial charge in [-0.15, -0.1) is 0 Å². The summed E-state index contributed by atoms with van der Waals surface area (Å²) in [5, 5.41) is 3.81. The number of rotatable bonds is 8. The van der Waals surface area contributed by atoms with Gasteiger partial charge in [0.15, 0.2) is 0 Å². The fraction of sp³-hybridized carbons (Fsp3) is 0.0370. The smallest absolute Gasteiger partial charge is 0.0541 e. The summed E-state index contributed by atoms with van der Waals surface area (Å²) in [5.41, 5.74) is 14.6. The highest BCUT2D eigenvalue weighted by Crippen LogP contribution is 2.39. The molecule has 0 saturated carbocycles. The van der Waals surface area contributed by atoms with Crippen LogP contribution in [0.3, 0.4) is 0 Å². The summed E-state index contributed by atoms with van der Waals surface area (Å²) in [5.74, 6) is 0.